The van der Waals surface area contributed by atoms with E-state index >= 15 is 0 Å². The molecule has 6 heteroatoms. The fourth-order valence-electron chi connectivity index (χ4n) is 2.13. The number of carboxylic acid groups (broad SMARTS) is 1. The number of primary amides is 1. The summed E-state index contributed by atoms with van der Waals surface area (Å²) in [6.45, 7) is 0. The third-order valence-corrected chi connectivity index (χ3v) is 2.99. The molecule has 1 atom stereocenters. The Kier molecular flexibility index (Phi) is 4.93. The van der Waals surface area contributed by atoms with Crippen molar-refractivity contribution in [3.05, 3.63) is 0 Å². The normalized spacial score (nSPS) is 17.6. The first-order valence-corrected chi connectivity index (χ1v) is 5.79. The van der Waals surface area contributed by atoms with Crippen LogP contribution in [0.4, 0.5) is 0 Å². The first-order valence-electron chi connectivity index (χ1n) is 5.79. The van der Waals surface area contributed by atoms with Gasteiger partial charge in [0.25, 0.3) is 0 Å². The van der Waals surface area contributed by atoms with Gasteiger partial charge in [0.2, 0.25) is 11.8 Å². The molecule has 1 aliphatic rings. The second kappa shape index (κ2) is 6.22. The second-order valence-electron chi connectivity index (χ2n) is 4.48. The Labute approximate surface area is 99.6 Å². The molecule has 6 nitrogen and oxygen atoms in total. The predicted molar refractivity (Wildman–Crippen MR) is 60.0 cm³/mol. The molecule has 0 aromatic rings. The Balaban J connectivity index is 2.40. The lowest BCUT2D eigenvalue weighted by molar-refractivity contribution is -0.143. The van der Waals surface area contributed by atoms with E-state index in [4.69, 9.17) is 10.8 Å². The smallest absolute Gasteiger partial charge is 0.326 e. The van der Waals surface area contributed by atoms with E-state index in [1.54, 1.807) is 0 Å². The number of hydrogen-bond acceptors (Lipinski definition) is 3. The van der Waals surface area contributed by atoms with E-state index in [9.17, 15) is 14.4 Å². The zero-order valence-electron chi connectivity index (χ0n) is 9.65. The number of carbonyl (C=O) groups excluding carboxylic acids is 2. The quantitative estimate of drug-likeness (QED) is 0.609. The van der Waals surface area contributed by atoms with Crippen molar-refractivity contribution in [2.45, 2.75) is 44.6 Å². The topological polar surface area (TPSA) is 109 Å². The Hall–Kier alpha value is -1.59. The third-order valence-electron chi connectivity index (χ3n) is 2.99. The minimum absolute atomic E-state index is 0.314. The van der Waals surface area contributed by atoms with Gasteiger partial charge in [0.1, 0.15) is 6.04 Å². The van der Waals surface area contributed by atoms with E-state index in [1.165, 1.54) is 0 Å². The van der Waals surface area contributed by atoms with Gasteiger partial charge in [-0.15, -0.1) is 0 Å². The molecule has 0 bridgehead atoms. The van der Waals surface area contributed by atoms with Crippen LogP contribution in [0.5, 0.6) is 0 Å². The maximum atomic E-state index is 11.6. The highest BCUT2D eigenvalue weighted by atomic mass is 16.4. The van der Waals surface area contributed by atoms with Crippen LogP contribution in [0.1, 0.15) is 38.5 Å². The summed E-state index contributed by atoms with van der Waals surface area (Å²) in [5.74, 6) is -1.94. The third kappa shape index (κ3) is 4.84. The SMILES string of the molecule is NC(=O)C[C@@H](NC(=O)CC1CCCC1)C(=O)O. The van der Waals surface area contributed by atoms with Gasteiger partial charge in [0.15, 0.2) is 0 Å². The van der Waals surface area contributed by atoms with Gasteiger partial charge in [-0.1, -0.05) is 12.8 Å². The summed E-state index contributed by atoms with van der Waals surface area (Å²) in [6.07, 6.45) is 4.25. The highest BCUT2D eigenvalue weighted by molar-refractivity contribution is 5.88. The number of carbonyl (C=O) groups is 3. The van der Waals surface area contributed by atoms with Gasteiger partial charge in [0, 0.05) is 6.42 Å². The first kappa shape index (κ1) is 13.5. The molecule has 0 radical (unpaired) electrons. The molecule has 0 spiro atoms. The first-order chi connectivity index (χ1) is 7.99. The van der Waals surface area contributed by atoms with Crippen LogP contribution in [0.25, 0.3) is 0 Å². The standard InChI is InChI=1S/C11H18N2O4/c12-9(14)6-8(11(16)17)13-10(15)5-7-3-1-2-4-7/h7-8H,1-6H2,(H2,12,14)(H,13,15)(H,16,17)/t8-/m1/s1. The molecule has 1 aliphatic carbocycles. The minimum Gasteiger partial charge on any atom is -0.480 e. The van der Waals surface area contributed by atoms with E-state index in [-0.39, 0.29) is 12.3 Å². The summed E-state index contributed by atoms with van der Waals surface area (Å²) in [6, 6.07) is -1.21. The van der Waals surface area contributed by atoms with E-state index in [2.05, 4.69) is 5.32 Å². The van der Waals surface area contributed by atoms with Crippen molar-refractivity contribution < 1.29 is 19.5 Å². The summed E-state index contributed by atoms with van der Waals surface area (Å²) in [7, 11) is 0. The highest BCUT2D eigenvalue weighted by Crippen LogP contribution is 2.27. The zero-order chi connectivity index (χ0) is 12.8. The summed E-state index contributed by atoms with van der Waals surface area (Å²) >= 11 is 0. The molecule has 0 aliphatic heterocycles. The van der Waals surface area contributed by atoms with Crippen molar-refractivity contribution >= 4 is 17.8 Å². The van der Waals surface area contributed by atoms with Crippen LogP contribution in [0.2, 0.25) is 0 Å². The summed E-state index contributed by atoms with van der Waals surface area (Å²) in [5, 5.41) is 11.1. The zero-order valence-corrected chi connectivity index (χ0v) is 9.65. The molecular formula is C11H18N2O4. The fourth-order valence-corrected chi connectivity index (χ4v) is 2.13. The average Bonchev–Trinajstić information content (AvgIpc) is 2.68. The molecule has 17 heavy (non-hydrogen) atoms. The maximum Gasteiger partial charge on any atom is 0.326 e. The lowest BCUT2D eigenvalue weighted by Gasteiger charge is -2.14. The predicted octanol–water partition coefficient (Wildman–Crippen LogP) is 0.0115. The monoisotopic (exact) mass is 242 g/mol. The highest BCUT2D eigenvalue weighted by Gasteiger charge is 2.24. The van der Waals surface area contributed by atoms with Gasteiger partial charge in [0.05, 0.1) is 6.42 Å². The molecule has 0 aromatic carbocycles. The summed E-state index contributed by atoms with van der Waals surface area (Å²) in [5.41, 5.74) is 4.92. The molecule has 0 aromatic heterocycles. The number of rotatable bonds is 6. The lowest BCUT2D eigenvalue weighted by atomic mass is 10.0. The molecule has 0 saturated heterocycles. The van der Waals surface area contributed by atoms with Gasteiger partial charge in [-0.2, -0.15) is 0 Å². The number of aliphatic carboxylic acids is 1. The van der Waals surface area contributed by atoms with Crippen LogP contribution in [0, 0.1) is 5.92 Å². The number of carboxylic acids is 1. The molecule has 1 fully saturated rings. The summed E-state index contributed by atoms with van der Waals surface area (Å²) in [4.78, 5) is 33.0. The van der Waals surface area contributed by atoms with E-state index in [1.807, 2.05) is 0 Å². The molecule has 1 rings (SSSR count). The van der Waals surface area contributed by atoms with E-state index < -0.39 is 17.9 Å². The number of amides is 2. The van der Waals surface area contributed by atoms with Gasteiger partial charge in [-0.3, -0.25) is 9.59 Å². The lowest BCUT2D eigenvalue weighted by Crippen LogP contribution is -2.43. The minimum atomic E-state index is -1.23. The number of nitrogens with two attached hydrogens (primary N) is 1. The van der Waals surface area contributed by atoms with E-state index in [0.717, 1.165) is 25.7 Å². The Morgan fingerprint density at radius 3 is 2.35 bits per heavy atom. The largest absolute Gasteiger partial charge is 0.480 e. The van der Waals surface area contributed by atoms with Crippen molar-refractivity contribution in [2.75, 3.05) is 0 Å². The van der Waals surface area contributed by atoms with Crippen LogP contribution >= 0.6 is 0 Å². The molecule has 2 amide bonds. The molecule has 1 saturated carbocycles. The maximum absolute atomic E-state index is 11.6. The van der Waals surface area contributed by atoms with Crippen LogP contribution in [0.15, 0.2) is 0 Å². The molecule has 0 heterocycles. The van der Waals surface area contributed by atoms with Crippen molar-refractivity contribution in [3.63, 3.8) is 0 Å². The van der Waals surface area contributed by atoms with Gasteiger partial charge >= 0.3 is 5.97 Å². The van der Waals surface area contributed by atoms with Crippen LogP contribution in [0.3, 0.4) is 0 Å². The van der Waals surface area contributed by atoms with Crippen molar-refractivity contribution in [3.8, 4) is 0 Å². The number of nitrogens with one attached hydrogen (secondary N) is 1. The van der Waals surface area contributed by atoms with Crippen molar-refractivity contribution in [2.24, 2.45) is 11.7 Å². The second-order valence-corrected chi connectivity index (χ2v) is 4.48. The average molecular weight is 242 g/mol. The molecule has 96 valence electrons. The molecular weight excluding hydrogens is 224 g/mol. The Morgan fingerprint density at radius 1 is 1.29 bits per heavy atom. The molecule has 0 unspecified atom stereocenters. The van der Waals surface area contributed by atoms with Crippen LogP contribution in [-0.4, -0.2) is 28.9 Å². The fraction of sp³-hybridized carbons (Fsp3) is 0.727. The van der Waals surface area contributed by atoms with Gasteiger partial charge in [-0.25, -0.2) is 4.79 Å². The van der Waals surface area contributed by atoms with Crippen LogP contribution in [-0.2, 0) is 14.4 Å². The van der Waals surface area contributed by atoms with Crippen LogP contribution < -0.4 is 11.1 Å². The Bertz CT molecular complexity index is 311. The van der Waals surface area contributed by atoms with E-state index in [0.29, 0.717) is 12.3 Å². The van der Waals surface area contributed by atoms with Crippen molar-refractivity contribution in [1.82, 2.24) is 5.32 Å². The van der Waals surface area contributed by atoms with Crippen molar-refractivity contribution in [1.29, 1.82) is 0 Å². The number of hydrogen-bond donors (Lipinski definition) is 3. The molecule has 4 N–H and O–H groups in total. The Morgan fingerprint density at radius 2 is 1.88 bits per heavy atom. The summed E-state index contributed by atoms with van der Waals surface area (Å²) < 4.78 is 0. The van der Waals surface area contributed by atoms with Gasteiger partial charge < -0.3 is 16.2 Å². The van der Waals surface area contributed by atoms with Gasteiger partial charge in [-0.05, 0) is 18.8 Å².